The summed E-state index contributed by atoms with van der Waals surface area (Å²) in [6, 6.07) is 12.4. The van der Waals surface area contributed by atoms with Crippen molar-refractivity contribution in [3.05, 3.63) is 57.8 Å². The molecule has 86 valence electrons. The molecule has 1 aliphatic rings. The monoisotopic (exact) mass is 242 g/mol. The summed E-state index contributed by atoms with van der Waals surface area (Å²) in [4.78, 5) is 13.4. The van der Waals surface area contributed by atoms with Crippen LogP contribution in [0, 0.1) is 0 Å². The number of fused-ring (bicyclic) bond motifs is 1. The largest absolute Gasteiger partial charge is 0.299 e. The first-order valence-corrected chi connectivity index (χ1v) is 6.85. The van der Waals surface area contributed by atoms with Crippen molar-refractivity contribution in [3.8, 4) is 0 Å². The van der Waals surface area contributed by atoms with Gasteiger partial charge in [0, 0.05) is 17.2 Å². The summed E-state index contributed by atoms with van der Waals surface area (Å²) in [6.45, 7) is 0. The number of Topliss-reactive ketones (excluding diaryl/α,β-unsaturated/α-hetero) is 1. The van der Waals surface area contributed by atoms with Crippen LogP contribution in [0.25, 0.3) is 0 Å². The van der Waals surface area contributed by atoms with Crippen LogP contribution in [0.3, 0.4) is 0 Å². The van der Waals surface area contributed by atoms with Gasteiger partial charge in [-0.3, -0.25) is 4.79 Å². The first-order chi connectivity index (χ1) is 8.34. The summed E-state index contributed by atoms with van der Waals surface area (Å²) in [7, 11) is 0. The molecule has 0 bridgehead atoms. The molecule has 17 heavy (non-hydrogen) atoms. The van der Waals surface area contributed by atoms with Crippen LogP contribution in [0.1, 0.15) is 28.3 Å². The topological polar surface area (TPSA) is 17.1 Å². The Morgan fingerprint density at radius 3 is 2.88 bits per heavy atom. The number of thiophene rings is 1. The summed E-state index contributed by atoms with van der Waals surface area (Å²) in [6.07, 6.45) is 2.52. The minimum atomic E-state index is 0.172. The quantitative estimate of drug-likeness (QED) is 0.800. The lowest BCUT2D eigenvalue weighted by Gasteiger charge is -2.28. The molecule has 1 aromatic heterocycles. The van der Waals surface area contributed by atoms with Crippen molar-refractivity contribution in [2.24, 2.45) is 0 Å². The molecule has 1 heterocycles. The molecule has 1 unspecified atom stereocenters. The number of hydrogen-bond donors (Lipinski definition) is 0. The third kappa shape index (κ3) is 2.05. The molecular weight excluding hydrogens is 228 g/mol. The van der Waals surface area contributed by atoms with Crippen LogP contribution < -0.4 is 0 Å². The molecule has 2 aromatic rings. The molecule has 2 heteroatoms. The Bertz CT molecular complexity index is 528. The number of hydrogen-bond acceptors (Lipinski definition) is 2. The molecule has 0 saturated heterocycles. The lowest BCUT2D eigenvalue weighted by atomic mass is 9.74. The van der Waals surface area contributed by atoms with E-state index in [4.69, 9.17) is 0 Å². The van der Waals surface area contributed by atoms with Crippen molar-refractivity contribution in [3.63, 3.8) is 0 Å². The van der Waals surface area contributed by atoms with E-state index in [0.717, 1.165) is 12.8 Å². The first-order valence-electron chi connectivity index (χ1n) is 5.97. The average Bonchev–Trinajstić information content (AvgIpc) is 2.81. The highest BCUT2D eigenvalue weighted by atomic mass is 32.1. The zero-order chi connectivity index (χ0) is 11.7. The van der Waals surface area contributed by atoms with Gasteiger partial charge >= 0.3 is 0 Å². The van der Waals surface area contributed by atoms with E-state index in [1.54, 1.807) is 11.3 Å². The zero-order valence-corrected chi connectivity index (χ0v) is 10.4. The Morgan fingerprint density at radius 1 is 1.24 bits per heavy atom. The zero-order valence-electron chi connectivity index (χ0n) is 9.56. The van der Waals surface area contributed by atoms with E-state index in [9.17, 15) is 4.79 Å². The van der Waals surface area contributed by atoms with Crippen molar-refractivity contribution in [2.75, 3.05) is 0 Å². The third-order valence-electron chi connectivity index (χ3n) is 3.44. The maximum atomic E-state index is 12.1. The van der Waals surface area contributed by atoms with Crippen molar-refractivity contribution in [1.29, 1.82) is 0 Å². The number of rotatable bonds is 4. The minimum Gasteiger partial charge on any atom is -0.299 e. The third-order valence-corrected chi connectivity index (χ3v) is 4.38. The summed E-state index contributed by atoms with van der Waals surface area (Å²) in [5.41, 5.74) is 2.60. The number of carbonyl (C=O) groups is 1. The van der Waals surface area contributed by atoms with Gasteiger partial charge in [0.05, 0.1) is 0 Å². The fourth-order valence-corrected chi connectivity index (χ4v) is 3.13. The molecule has 0 amide bonds. The molecule has 1 nitrogen and oxygen atoms in total. The highest BCUT2D eigenvalue weighted by Crippen LogP contribution is 2.36. The lowest BCUT2D eigenvalue weighted by Crippen LogP contribution is -2.25. The van der Waals surface area contributed by atoms with E-state index in [1.165, 1.54) is 16.0 Å². The highest BCUT2D eigenvalue weighted by molar-refractivity contribution is 7.09. The van der Waals surface area contributed by atoms with Crippen molar-refractivity contribution >= 4 is 17.1 Å². The van der Waals surface area contributed by atoms with E-state index < -0.39 is 0 Å². The second-order valence-corrected chi connectivity index (χ2v) is 5.53. The van der Waals surface area contributed by atoms with Crippen LogP contribution in [0.2, 0.25) is 0 Å². The fourth-order valence-electron chi connectivity index (χ4n) is 2.42. The van der Waals surface area contributed by atoms with Crippen LogP contribution in [-0.4, -0.2) is 5.78 Å². The molecule has 0 spiro atoms. The molecule has 3 rings (SSSR count). The molecule has 1 atom stereocenters. The van der Waals surface area contributed by atoms with E-state index >= 15 is 0 Å². The molecule has 0 fully saturated rings. The van der Waals surface area contributed by atoms with Gasteiger partial charge in [0.2, 0.25) is 0 Å². The predicted molar refractivity (Wildman–Crippen MR) is 70.5 cm³/mol. The van der Waals surface area contributed by atoms with Gasteiger partial charge in [-0.25, -0.2) is 0 Å². The SMILES string of the molecule is O=C(CCc1cccs1)C1Cc2ccccc21. The number of carbonyl (C=O) groups excluding carboxylic acids is 1. The standard InChI is InChI=1S/C15H14OS/c16-15(8-7-12-5-3-9-17-12)14-10-11-4-1-2-6-13(11)14/h1-6,9,14H,7-8,10H2. The van der Waals surface area contributed by atoms with Crippen molar-refractivity contribution < 1.29 is 4.79 Å². The number of benzene rings is 1. The van der Waals surface area contributed by atoms with Gasteiger partial charge in [-0.1, -0.05) is 30.3 Å². The molecule has 1 aliphatic carbocycles. The predicted octanol–water partition coefficient (Wildman–Crippen LogP) is 3.59. The number of ketones is 1. The Balaban J connectivity index is 1.62. The van der Waals surface area contributed by atoms with Crippen molar-refractivity contribution in [1.82, 2.24) is 0 Å². The molecule has 0 N–H and O–H groups in total. The summed E-state index contributed by atoms with van der Waals surface area (Å²) < 4.78 is 0. The highest BCUT2D eigenvalue weighted by Gasteiger charge is 2.30. The second kappa shape index (κ2) is 4.46. The van der Waals surface area contributed by atoms with Gasteiger partial charge in [0.25, 0.3) is 0 Å². The second-order valence-electron chi connectivity index (χ2n) is 4.50. The Hall–Kier alpha value is -1.41. The first kappa shape index (κ1) is 10.7. The van der Waals surface area contributed by atoms with Crippen LogP contribution in [0.15, 0.2) is 41.8 Å². The van der Waals surface area contributed by atoms with E-state index in [0.29, 0.717) is 12.2 Å². The van der Waals surface area contributed by atoms with E-state index in [2.05, 4.69) is 23.6 Å². The van der Waals surface area contributed by atoms with Gasteiger partial charge < -0.3 is 0 Å². The van der Waals surface area contributed by atoms with Crippen LogP contribution >= 0.6 is 11.3 Å². The van der Waals surface area contributed by atoms with Crippen LogP contribution in [-0.2, 0) is 17.6 Å². The number of aryl methyl sites for hydroxylation is 1. The molecular formula is C15H14OS. The Morgan fingerprint density at radius 2 is 2.12 bits per heavy atom. The maximum Gasteiger partial charge on any atom is 0.141 e. The fraction of sp³-hybridized carbons (Fsp3) is 0.267. The molecule has 0 saturated carbocycles. The smallest absolute Gasteiger partial charge is 0.141 e. The average molecular weight is 242 g/mol. The minimum absolute atomic E-state index is 0.172. The maximum absolute atomic E-state index is 12.1. The Kier molecular flexibility index (Phi) is 2.81. The lowest BCUT2D eigenvalue weighted by molar-refractivity contribution is -0.120. The molecule has 1 aromatic carbocycles. The summed E-state index contributed by atoms with van der Waals surface area (Å²) in [5, 5.41) is 2.07. The van der Waals surface area contributed by atoms with E-state index in [1.807, 2.05) is 18.2 Å². The van der Waals surface area contributed by atoms with Gasteiger partial charge in [-0.15, -0.1) is 11.3 Å². The van der Waals surface area contributed by atoms with Gasteiger partial charge in [0.1, 0.15) is 5.78 Å². The van der Waals surface area contributed by atoms with Crippen LogP contribution in [0.4, 0.5) is 0 Å². The van der Waals surface area contributed by atoms with Crippen molar-refractivity contribution in [2.45, 2.75) is 25.2 Å². The van der Waals surface area contributed by atoms with Gasteiger partial charge in [-0.2, -0.15) is 0 Å². The van der Waals surface area contributed by atoms with Gasteiger partial charge in [0.15, 0.2) is 0 Å². The van der Waals surface area contributed by atoms with E-state index in [-0.39, 0.29) is 5.92 Å². The normalized spacial score (nSPS) is 17.3. The van der Waals surface area contributed by atoms with Crippen LogP contribution in [0.5, 0.6) is 0 Å². The summed E-state index contributed by atoms with van der Waals surface area (Å²) >= 11 is 1.74. The summed E-state index contributed by atoms with van der Waals surface area (Å²) in [5.74, 6) is 0.572. The molecule has 0 radical (unpaired) electrons. The molecule has 0 aliphatic heterocycles. The Labute approximate surface area is 105 Å². The van der Waals surface area contributed by atoms with Gasteiger partial charge in [-0.05, 0) is 35.4 Å².